The average molecular weight is 307 g/mol. The van der Waals surface area contributed by atoms with Gasteiger partial charge in [-0.15, -0.1) is 0 Å². The van der Waals surface area contributed by atoms with Gasteiger partial charge in [-0.1, -0.05) is 61.8 Å². The van der Waals surface area contributed by atoms with Gasteiger partial charge in [0.2, 0.25) is 0 Å². The number of ketones is 1. The monoisotopic (exact) mass is 306 g/mol. The van der Waals surface area contributed by atoms with Gasteiger partial charge in [-0.05, 0) is 31.6 Å². The highest BCUT2D eigenvalue weighted by atomic mass is 28.3. The van der Waals surface area contributed by atoms with Gasteiger partial charge in [-0.3, -0.25) is 4.79 Å². The second kappa shape index (κ2) is 5.09. The molecule has 0 radical (unpaired) electrons. The van der Waals surface area contributed by atoms with Crippen LogP contribution in [0.15, 0.2) is 22.5 Å². The Labute approximate surface area is 126 Å². The van der Waals surface area contributed by atoms with Crippen molar-refractivity contribution in [2.45, 2.75) is 59.0 Å². The molecule has 2 aliphatic carbocycles. The lowest BCUT2D eigenvalue weighted by molar-refractivity contribution is -0.120. The van der Waals surface area contributed by atoms with Crippen LogP contribution in [0.3, 0.4) is 0 Å². The van der Waals surface area contributed by atoms with Crippen molar-refractivity contribution in [1.82, 2.24) is 0 Å². The predicted octanol–water partition coefficient (Wildman–Crippen LogP) is 4.84. The molecule has 1 nitrogen and oxygen atoms in total. The molecule has 0 unspecified atom stereocenters. The van der Waals surface area contributed by atoms with Crippen LogP contribution in [0.1, 0.15) is 19.8 Å². The Bertz CT molecular complexity index is 474. The van der Waals surface area contributed by atoms with E-state index in [1.54, 1.807) is 12.1 Å². The number of rotatable bonds is 3. The van der Waals surface area contributed by atoms with Crippen molar-refractivity contribution in [3.05, 3.63) is 22.5 Å². The number of hydrogen-bond donors (Lipinski definition) is 0. The summed E-state index contributed by atoms with van der Waals surface area (Å²) in [5.74, 6) is 1.76. The highest BCUT2D eigenvalue weighted by Gasteiger charge is 2.47. The molecular weight excluding hydrogens is 276 g/mol. The molecule has 0 aliphatic heterocycles. The van der Waals surface area contributed by atoms with Crippen LogP contribution in [0.4, 0.5) is 0 Å². The Morgan fingerprint density at radius 1 is 1.05 bits per heavy atom. The smallest absolute Gasteiger partial charge is 0.137 e. The van der Waals surface area contributed by atoms with E-state index in [9.17, 15) is 4.79 Å². The molecule has 2 aliphatic rings. The van der Waals surface area contributed by atoms with Crippen molar-refractivity contribution in [2.75, 3.05) is 0 Å². The number of allylic oxidation sites excluding steroid dienone is 4. The molecule has 0 amide bonds. The van der Waals surface area contributed by atoms with Gasteiger partial charge in [0, 0.05) is 5.92 Å². The van der Waals surface area contributed by atoms with Crippen LogP contribution >= 0.6 is 0 Å². The van der Waals surface area contributed by atoms with Gasteiger partial charge >= 0.3 is 0 Å². The van der Waals surface area contributed by atoms with Gasteiger partial charge in [0.15, 0.2) is 0 Å². The predicted molar refractivity (Wildman–Crippen MR) is 93.2 cm³/mol. The summed E-state index contributed by atoms with van der Waals surface area (Å²) in [4.78, 5) is 12.1. The number of hydrogen-bond acceptors (Lipinski definition) is 1. The normalized spacial score (nSPS) is 30.6. The largest absolute Gasteiger partial charge is 0.299 e. The van der Waals surface area contributed by atoms with Gasteiger partial charge in [0.25, 0.3) is 0 Å². The van der Waals surface area contributed by atoms with E-state index in [0.717, 1.165) is 12.3 Å². The lowest BCUT2D eigenvalue weighted by Gasteiger charge is -2.34. The summed E-state index contributed by atoms with van der Waals surface area (Å²) in [7, 11) is -2.67. The Kier molecular flexibility index (Phi) is 4.07. The molecule has 3 heteroatoms. The third-order valence-electron chi connectivity index (χ3n) is 4.89. The standard InChI is InChI=1S/C17H30OSi2/c1-12(18)14-10-8-9-13-11-15(14)17(20(5,6)7)16(13)19(2,3)4/h8,10,13-15H,9,11H2,1-7H3/t13-,14+,15-/m0/s1. The van der Waals surface area contributed by atoms with Gasteiger partial charge < -0.3 is 0 Å². The fraction of sp³-hybridized carbons (Fsp3) is 0.706. The van der Waals surface area contributed by atoms with Gasteiger partial charge in [-0.25, -0.2) is 0 Å². The second-order valence-electron chi connectivity index (χ2n) is 8.67. The maximum Gasteiger partial charge on any atom is 0.137 e. The Morgan fingerprint density at radius 2 is 1.60 bits per heavy atom. The van der Waals surface area contributed by atoms with E-state index in [2.05, 4.69) is 51.4 Å². The first-order valence-electron chi connectivity index (χ1n) is 7.95. The van der Waals surface area contributed by atoms with Gasteiger partial charge in [0.1, 0.15) is 5.78 Å². The Hall–Kier alpha value is -0.416. The van der Waals surface area contributed by atoms with E-state index in [-0.39, 0.29) is 5.92 Å². The molecule has 0 aromatic rings. The molecule has 3 atom stereocenters. The first kappa shape index (κ1) is 16.0. The van der Waals surface area contributed by atoms with Crippen LogP contribution in [-0.4, -0.2) is 21.9 Å². The molecule has 0 spiro atoms. The lowest BCUT2D eigenvalue weighted by atomic mass is 9.88. The van der Waals surface area contributed by atoms with Crippen LogP contribution in [0.25, 0.3) is 0 Å². The molecule has 0 N–H and O–H groups in total. The zero-order valence-electron chi connectivity index (χ0n) is 14.2. The van der Waals surface area contributed by atoms with Gasteiger partial charge in [0.05, 0.1) is 16.1 Å². The summed E-state index contributed by atoms with van der Waals surface area (Å²) in [6.07, 6.45) is 6.90. The van der Waals surface area contributed by atoms with E-state index < -0.39 is 16.1 Å². The summed E-state index contributed by atoms with van der Waals surface area (Å²) in [5, 5.41) is 3.60. The van der Waals surface area contributed by atoms with E-state index in [1.165, 1.54) is 6.42 Å². The molecule has 0 saturated carbocycles. The molecule has 0 heterocycles. The van der Waals surface area contributed by atoms with Crippen molar-refractivity contribution in [3.63, 3.8) is 0 Å². The van der Waals surface area contributed by atoms with Crippen molar-refractivity contribution >= 4 is 21.9 Å². The summed E-state index contributed by atoms with van der Waals surface area (Å²) in [6, 6.07) is 0. The zero-order chi connectivity index (χ0) is 15.3. The minimum atomic E-state index is -1.36. The SMILES string of the molecule is CC(=O)[C@H]1C=CC[C@H]2C[C@@H]1C([Si](C)(C)C)=C2[Si](C)(C)C. The van der Waals surface area contributed by atoms with Crippen LogP contribution in [0.2, 0.25) is 39.3 Å². The van der Waals surface area contributed by atoms with E-state index in [1.807, 2.05) is 5.20 Å². The molecular formula is C17H30OSi2. The maximum absolute atomic E-state index is 12.1. The van der Waals surface area contributed by atoms with Gasteiger partial charge in [-0.2, -0.15) is 0 Å². The highest BCUT2D eigenvalue weighted by molar-refractivity contribution is 6.89. The summed E-state index contributed by atoms with van der Waals surface area (Å²) in [6.45, 7) is 16.7. The lowest BCUT2D eigenvalue weighted by Crippen LogP contribution is -2.37. The number of fused-ring (bicyclic) bond motifs is 2. The molecule has 0 aromatic heterocycles. The number of carbonyl (C=O) groups is 1. The fourth-order valence-corrected chi connectivity index (χ4v) is 11.5. The molecule has 0 fully saturated rings. The van der Waals surface area contributed by atoms with Crippen molar-refractivity contribution in [1.29, 1.82) is 0 Å². The minimum absolute atomic E-state index is 0.149. The number of Topliss-reactive ketones (excluding diaryl/α,β-unsaturated/α-hetero) is 1. The molecule has 112 valence electrons. The zero-order valence-corrected chi connectivity index (χ0v) is 16.2. The van der Waals surface area contributed by atoms with E-state index in [0.29, 0.717) is 11.7 Å². The Balaban J connectivity index is 2.61. The van der Waals surface area contributed by atoms with Crippen molar-refractivity contribution in [3.8, 4) is 0 Å². The van der Waals surface area contributed by atoms with Crippen LogP contribution in [0, 0.1) is 17.8 Å². The fourth-order valence-electron chi connectivity index (χ4n) is 4.42. The first-order chi connectivity index (χ1) is 9.03. The van der Waals surface area contributed by atoms with E-state index in [4.69, 9.17) is 0 Å². The number of carbonyl (C=O) groups excluding carboxylic acids is 1. The van der Waals surface area contributed by atoms with Crippen LogP contribution in [0.5, 0.6) is 0 Å². The third kappa shape index (κ3) is 2.80. The third-order valence-corrected chi connectivity index (χ3v) is 9.69. The summed E-state index contributed by atoms with van der Waals surface area (Å²) < 4.78 is 0. The molecule has 2 bridgehead atoms. The quantitative estimate of drug-likeness (QED) is 0.538. The topological polar surface area (TPSA) is 17.1 Å². The molecule has 20 heavy (non-hydrogen) atoms. The van der Waals surface area contributed by atoms with Crippen molar-refractivity contribution < 1.29 is 4.79 Å². The van der Waals surface area contributed by atoms with E-state index >= 15 is 0 Å². The summed E-state index contributed by atoms with van der Waals surface area (Å²) >= 11 is 0. The minimum Gasteiger partial charge on any atom is -0.299 e. The average Bonchev–Trinajstić information content (AvgIpc) is 2.46. The first-order valence-corrected chi connectivity index (χ1v) is 15.0. The molecule has 0 aromatic carbocycles. The van der Waals surface area contributed by atoms with Crippen LogP contribution in [-0.2, 0) is 4.79 Å². The highest BCUT2D eigenvalue weighted by Crippen LogP contribution is 2.51. The maximum atomic E-state index is 12.1. The second-order valence-corrected chi connectivity index (χ2v) is 18.7. The Morgan fingerprint density at radius 3 is 2.05 bits per heavy atom. The summed E-state index contributed by atoms with van der Waals surface area (Å²) in [5.41, 5.74) is 0. The van der Waals surface area contributed by atoms with Crippen LogP contribution < -0.4 is 0 Å². The van der Waals surface area contributed by atoms with Crippen molar-refractivity contribution in [2.24, 2.45) is 17.8 Å². The molecule has 2 rings (SSSR count). The molecule has 0 saturated heterocycles.